The van der Waals surface area contributed by atoms with Crippen LogP contribution in [-0.4, -0.2) is 11.1 Å². The molecule has 2 aromatic carbocycles. The number of halogens is 2. The summed E-state index contributed by atoms with van der Waals surface area (Å²) in [6.45, 7) is 0. The van der Waals surface area contributed by atoms with Gasteiger partial charge in [-0.05, 0) is 29.8 Å². The van der Waals surface area contributed by atoms with Gasteiger partial charge < -0.3 is 5.11 Å². The lowest BCUT2D eigenvalue weighted by Crippen LogP contribution is -1.98. The summed E-state index contributed by atoms with van der Waals surface area (Å²) in [7, 11) is 0. The third-order valence-electron chi connectivity index (χ3n) is 2.52. The smallest absolute Gasteiger partial charge is 0.336 e. The Balaban J connectivity index is 2.22. The summed E-state index contributed by atoms with van der Waals surface area (Å²) in [5, 5.41) is 9.17. The topological polar surface area (TPSA) is 37.3 Å². The zero-order valence-corrected chi connectivity index (χ0v) is 13.8. The van der Waals surface area contributed by atoms with E-state index in [4.69, 9.17) is 0 Å². The Bertz CT molecular complexity index is 614. The molecule has 0 aliphatic rings. The lowest BCUT2D eigenvalue weighted by Gasteiger charge is -2.08. The number of rotatable bonds is 4. The molecule has 0 bridgehead atoms. The van der Waals surface area contributed by atoms with E-state index in [1.807, 2.05) is 30.3 Å². The standard InChI is InChI=1S/C14H10Br2O2S/c15-10-5-6-11(14(17)18)13(7-10)19-8-9-3-1-2-4-12(9)16/h1-7H,8H2,(H,17,18). The predicted molar refractivity (Wildman–Crippen MR) is 84.8 cm³/mol. The van der Waals surface area contributed by atoms with E-state index in [2.05, 4.69) is 31.9 Å². The van der Waals surface area contributed by atoms with Crippen LogP contribution in [-0.2, 0) is 5.75 Å². The van der Waals surface area contributed by atoms with Crippen LogP contribution in [0.15, 0.2) is 56.3 Å². The number of carbonyl (C=O) groups is 1. The lowest BCUT2D eigenvalue weighted by molar-refractivity contribution is 0.0693. The Morgan fingerprint density at radius 2 is 1.89 bits per heavy atom. The van der Waals surface area contributed by atoms with Crippen molar-refractivity contribution < 1.29 is 9.90 Å². The Labute approximate surface area is 132 Å². The summed E-state index contributed by atoms with van der Waals surface area (Å²) in [5.41, 5.74) is 1.48. The zero-order valence-electron chi connectivity index (χ0n) is 9.77. The third-order valence-corrected chi connectivity index (χ3v) is 4.89. The van der Waals surface area contributed by atoms with E-state index in [1.165, 1.54) is 11.8 Å². The molecule has 0 atom stereocenters. The Hall–Kier alpha value is -0.780. The molecule has 2 nitrogen and oxygen atoms in total. The first kappa shape index (κ1) is 14.6. The molecule has 0 radical (unpaired) electrons. The first-order valence-corrected chi connectivity index (χ1v) is 8.04. The van der Waals surface area contributed by atoms with Crippen LogP contribution in [0.25, 0.3) is 0 Å². The van der Waals surface area contributed by atoms with E-state index in [-0.39, 0.29) is 0 Å². The number of thioether (sulfide) groups is 1. The average Bonchev–Trinajstić information content (AvgIpc) is 2.37. The quantitative estimate of drug-likeness (QED) is 0.715. The molecule has 0 aliphatic heterocycles. The molecule has 2 aromatic rings. The maximum absolute atomic E-state index is 11.2. The van der Waals surface area contributed by atoms with Crippen LogP contribution in [0, 0.1) is 0 Å². The van der Waals surface area contributed by atoms with Gasteiger partial charge in [0.05, 0.1) is 5.56 Å². The first-order chi connectivity index (χ1) is 9.08. The third kappa shape index (κ3) is 3.84. The summed E-state index contributed by atoms with van der Waals surface area (Å²) in [6.07, 6.45) is 0. The molecule has 0 unspecified atom stereocenters. The van der Waals surface area contributed by atoms with Crippen LogP contribution in [0.1, 0.15) is 15.9 Å². The molecule has 0 saturated carbocycles. The van der Waals surface area contributed by atoms with Gasteiger partial charge in [0.15, 0.2) is 0 Å². The van der Waals surface area contributed by atoms with Gasteiger partial charge in [0.1, 0.15) is 0 Å². The van der Waals surface area contributed by atoms with Gasteiger partial charge in [-0.25, -0.2) is 4.79 Å². The highest BCUT2D eigenvalue weighted by molar-refractivity contribution is 9.10. The second-order valence-corrected chi connectivity index (χ2v) is 6.61. The molecule has 1 N–H and O–H groups in total. The number of benzene rings is 2. The largest absolute Gasteiger partial charge is 0.478 e. The fourth-order valence-corrected chi connectivity index (χ4v) is 3.77. The van der Waals surface area contributed by atoms with Gasteiger partial charge in [0.2, 0.25) is 0 Å². The second-order valence-electron chi connectivity index (χ2n) is 3.83. The minimum absolute atomic E-state index is 0.334. The van der Waals surface area contributed by atoms with Gasteiger partial charge in [-0.1, -0.05) is 50.1 Å². The van der Waals surface area contributed by atoms with Crippen molar-refractivity contribution in [1.82, 2.24) is 0 Å². The highest BCUT2D eigenvalue weighted by Gasteiger charge is 2.11. The fourth-order valence-electron chi connectivity index (χ4n) is 1.56. The molecule has 5 heteroatoms. The summed E-state index contributed by atoms with van der Waals surface area (Å²) >= 11 is 8.38. The average molecular weight is 402 g/mol. The normalized spacial score (nSPS) is 10.4. The van der Waals surface area contributed by atoms with Crippen LogP contribution in [0.4, 0.5) is 0 Å². The lowest BCUT2D eigenvalue weighted by atomic mass is 10.2. The zero-order chi connectivity index (χ0) is 13.8. The van der Waals surface area contributed by atoms with Gasteiger partial charge >= 0.3 is 5.97 Å². The number of carboxylic acids is 1. The predicted octanol–water partition coefficient (Wildman–Crippen LogP) is 5.20. The Kier molecular flexibility index (Phi) is 5.07. The van der Waals surface area contributed by atoms with Gasteiger partial charge in [0, 0.05) is 19.6 Å². The van der Waals surface area contributed by atoms with Crippen LogP contribution in [0.3, 0.4) is 0 Å². The molecule has 0 aliphatic carbocycles. The number of aromatic carboxylic acids is 1. The first-order valence-electron chi connectivity index (χ1n) is 5.47. The maximum atomic E-state index is 11.2. The van der Waals surface area contributed by atoms with Crippen molar-refractivity contribution in [2.24, 2.45) is 0 Å². The van der Waals surface area contributed by atoms with Crippen LogP contribution < -0.4 is 0 Å². The van der Waals surface area contributed by atoms with Gasteiger partial charge in [-0.15, -0.1) is 11.8 Å². The van der Waals surface area contributed by atoms with Crippen molar-refractivity contribution in [2.75, 3.05) is 0 Å². The summed E-state index contributed by atoms with van der Waals surface area (Å²) in [6, 6.07) is 13.1. The minimum atomic E-state index is -0.901. The fraction of sp³-hybridized carbons (Fsp3) is 0.0714. The number of hydrogen-bond donors (Lipinski definition) is 1. The van der Waals surface area contributed by atoms with Crippen molar-refractivity contribution in [1.29, 1.82) is 0 Å². The molecular weight excluding hydrogens is 392 g/mol. The maximum Gasteiger partial charge on any atom is 0.336 e. The van der Waals surface area contributed by atoms with Crippen molar-refractivity contribution >= 4 is 49.6 Å². The highest BCUT2D eigenvalue weighted by Crippen LogP contribution is 2.31. The molecule has 0 aromatic heterocycles. The van der Waals surface area contributed by atoms with Crippen LogP contribution in [0.2, 0.25) is 0 Å². The SMILES string of the molecule is O=C(O)c1ccc(Br)cc1SCc1ccccc1Br. The number of hydrogen-bond acceptors (Lipinski definition) is 2. The molecule has 0 spiro atoms. The number of carboxylic acid groups (broad SMARTS) is 1. The van der Waals surface area contributed by atoms with Crippen molar-refractivity contribution in [3.63, 3.8) is 0 Å². The van der Waals surface area contributed by atoms with E-state index in [0.717, 1.165) is 25.2 Å². The molecular formula is C14H10Br2O2S. The van der Waals surface area contributed by atoms with Crippen LogP contribution >= 0.6 is 43.6 Å². The van der Waals surface area contributed by atoms with Crippen LogP contribution in [0.5, 0.6) is 0 Å². The summed E-state index contributed by atoms with van der Waals surface area (Å²) < 4.78 is 1.92. The van der Waals surface area contributed by atoms with Crippen molar-refractivity contribution in [2.45, 2.75) is 10.6 Å². The Morgan fingerprint density at radius 3 is 2.58 bits per heavy atom. The van der Waals surface area contributed by atoms with Gasteiger partial charge in [-0.3, -0.25) is 0 Å². The van der Waals surface area contributed by atoms with E-state index in [0.29, 0.717) is 5.56 Å². The highest BCUT2D eigenvalue weighted by atomic mass is 79.9. The van der Waals surface area contributed by atoms with E-state index in [1.54, 1.807) is 12.1 Å². The molecule has 2 rings (SSSR count). The molecule has 0 fully saturated rings. The molecule has 0 amide bonds. The van der Waals surface area contributed by atoms with Gasteiger partial charge in [0.25, 0.3) is 0 Å². The Morgan fingerprint density at radius 1 is 1.16 bits per heavy atom. The second kappa shape index (κ2) is 6.59. The molecule has 98 valence electrons. The van der Waals surface area contributed by atoms with Crippen molar-refractivity contribution in [3.05, 3.63) is 62.5 Å². The van der Waals surface area contributed by atoms with Crippen molar-refractivity contribution in [3.8, 4) is 0 Å². The van der Waals surface area contributed by atoms with E-state index in [9.17, 15) is 9.90 Å². The molecule has 0 heterocycles. The monoisotopic (exact) mass is 400 g/mol. The van der Waals surface area contributed by atoms with E-state index < -0.39 is 5.97 Å². The van der Waals surface area contributed by atoms with Gasteiger partial charge in [-0.2, -0.15) is 0 Å². The summed E-state index contributed by atoms with van der Waals surface area (Å²) in [5.74, 6) is -0.180. The minimum Gasteiger partial charge on any atom is -0.478 e. The molecule has 19 heavy (non-hydrogen) atoms. The van der Waals surface area contributed by atoms with E-state index >= 15 is 0 Å². The summed E-state index contributed by atoms with van der Waals surface area (Å²) in [4.78, 5) is 11.9. The molecule has 0 saturated heterocycles.